The van der Waals surface area contributed by atoms with Gasteiger partial charge in [0, 0.05) is 16.9 Å². The number of ether oxygens (including phenoxy) is 1. The van der Waals surface area contributed by atoms with Crippen LogP contribution in [0.4, 0.5) is 0 Å². The number of aliphatic hydroxyl groups is 1. The average molecular weight is 417 g/mol. The minimum Gasteiger partial charge on any atom is -0.481 e. The number of hydrogen-bond donors (Lipinski definition) is 2. The molecule has 4 aliphatic rings. The lowest BCUT2D eigenvalue weighted by Gasteiger charge is -2.68. The van der Waals surface area contributed by atoms with Gasteiger partial charge in [-0.1, -0.05) is 25.5 Å². The topological polar surface area (TPSA) is 83.8 Å². The van der Waals surface area contributed by atoms with Crippen LogP contribution in [0.25, 0.3) is 0 Å². The first-order valence-electron chi connectivity index (χ1n) is 11.4. The Kier molecular flexibility index (Phi) is 4.82. The van der Waals surface area contributed by atoms with Gasteiger partial charge in [0.25, 0.3) is 0 Å². The van der Waals surface area contributed by atoms with E-state index in [1.54, 1.807) is 0 Å². The molecule has 4 saturated carbocycles. The van der Waals surface area contributed by atoms with E-state index in [2.05, 4.69) is 13.5 Å². The molecule has 0 aliphatic heterocycles. The normalized spacial score (nSPS) is 47.1. The van der Waals surface area contributed by atoms with Gasteiger partial charge >= 0.3 is 11.9 Å². The van der Waals surface area contributed by atoms with E-state index in [1.165, 1.54) is 6.08 Å². The second-order valence-corrected chi connectivity index (χ2v) is 11.2. The number of carboxylic acid groups (broad SMARTS) is 1. The standard InChI is InChI=1S/C25H36O5/c1-15(2)13-19(26)30-20-16(3)17-7-12-25(29)23(5)10-6-9-22(4,21(27)28)18(23)8-11-24(20,25)14-17/h13,17-18,20,29H,3,6-12,14H2,1-2,4-5H3,(H,27,28). The zero-order valence-corrected chi connectivity index (χ0v) is 18.8. The third-order valence-corrected chi connectivity index (χ3v) is 9.54. The van der Waals surface area contributed by atoms with Crippen LogP contribution in [0.3, 0.4) is 0 Å². The predicted molar refractivity (Wildman–Crippen MR) is 114 cm³/mol. The first-order valence-corrected chi connectivity index (χ1v) is 11.4. The van der Waals surface area contributed by atoms with Gasteiger partial charge in [-0.3, -0.25) is 4.79 Å². The van der Waals surface area contributed by atoms with Gasteiger partial charge < -0.3 is 14.9 Å². The van der Waals surface area contributed by atoms with E-state index >= 15 is 0 Å². The van der Waals surface area contributed by atoms with Crippen molar-refractivity contribution < 1.29 is 24.5 Å². The van der Waals surface area contributed by atoms with Crippen molar-refractivity contribution >= 4 is 11.9 Å². The number of carboxylic acids is 1. The molecular formula is C25H36O5. The summed E-state index contributed by atoms with van der Waals surface area (Å²) in [5.41, 5.74) is -1.18. The Hall–Kier alpha value is -1.62. The highest BCUT2D eigenvalue weighted by molar-refractivity contribution is 5.83. The van der Waals surface area contributed by atoms with Crippen LogP contribution >= 0.6 is 0 Å². The van der Waals surface area contributed by atoms with Crippen molar-refractivity contribution in [1.29, 1.82) is 0 Å². The van der Waals surface area contributed by atoms with Gasteiger partial charge in [-0.05, 0) is 83.1 Å². The fourth-order valence-electron chi connectivity index (χ4n) is 8.09. The second kappa shape index (κ2) is 6.69. The summed E-state index contributed by atoms with van der Waals surface area (Å²) in [5, 5.41) is 22.6. The number of aliphatic carboxylic acids is 1. The van der Waals surface area contributed by atoms with Crippen LogP contribution in [0.2, 0.25) is 0 Å². The molecule has 1 spiro atoms. The minimum atomic E-state index is -1.06. The second-order valence-electron chi connectivity index (χ2n) is 11.2. The summed E-state index contributed by atoms with van der Waals surface area (Å²) in [6.07, 6.45) is 6.88. The molecule has 2 N–H and O–H groups in total. The maximum Gasteiger partial charge on any atom is 0.331 e. The molecule has 0 radical (unpaired) electrons. The molecule has 0 heterocycles. The molecule has 4 fully saturated rings. The highest BCUT2D eigenvalue weighted by Crippen LogP contribution is 2.74. The first kappa shape index (κ1) is 21.6. The Labute approximate surface area is 179 Å². The highest BCUT2D eigenvalue weighted by atomic mass is 16.5. The monoisotopic (exact) mass is 416 g/mol. The zero-order chi connectivity index (χ0) is 22.1. The minimum absolute atomic E-state index is 0.0913. The summed E-state index contributed by atoms with van der Waals surface area (Å²) in [6.45, 7) is 12.0. The Balaban J connectivity index is 1.79. The lowest BCUT2D eigenvalue weighted by molar-refractivity contribution is -0.278. The quantitative estimate of drug-likeness (QED) is 0.398. The predicted octanol–water partition coefficient (Wildman–Crippen LogP) is 4.64. The van der Waals surface area contributed by atoms with Gasteiger partial charge in [-0.25, -0.2) is 4.79 Å². The van der Waals surface area contributed by atoms with Crippen molar-refractivity contribution in [3.8, 4) is 0 Å². The maximum absolute atomic E-state index is 12.6. The summed E-state index contributed by atoms with van der Waals surface area (Å²) in [6, 6.07) is 0. The first-order chi connectivity index (χ1) is 13.9. The molecule has 30 heavy (non-hydrogen) atoms. The van der Waals surface area contributed by atoms with Crippen LogP contribution in [-0.4, -0.2) is 33.9 Å². The number of rotatable bonds is 3. The van der Waals surface area contributed by atoms with Crippen molar-refractivity contribution in [2.24, 2.45) is 28.1 Å². The van der Waals surface area contributed by atoms with E-state index in [4.69, 9.17) is 4.74 Å². The van der Waals surface area contributed by atoms with E-state index in [9.17, 15) is 19.8 Å². The fraction of sp³-hybridized carbons (Fsp3) is 0.760. The number of carbonyl (C=O) groups is 2. The number of fused-ring (bicyclic) bond motifs is 3. The average Bonchev–Trinajstić information content (AvgIpc) is 2.86. The van der Waals surface area contributed by atoms with E-state index in [0.717, 1.165) is 43.3 Å². The molecule has 7 unspecified atom stereocenters. The molecule has 7 atom stereocenters. The molecule has 4 aliphatic carbocycles. The van der Waals surface area contributed by atoms with Crippen LogP contribution in [0.15, 0.2) is 23.8 Å². The Morgan fingerprint density at radius 2 is 1.83 bits per heavy atom. The van der Waals surface area contributed by atoms with Crippen LogP contribution in [0.1, 0.15) is 79.1 Å². The van der Waals surface area contributed by atoms with Crippen LogP contribution in [0.5, 0.6) is 0 Å². The summed E-state index contributed by atoms with van der Waals surface area (Å²) >= 11 is 0. The molecule has 0 aromatic rings. The van der Waals surface area contributed by atoms with Gasteiger partial charge in [0.05, 0.1) is 11.0 Å². The Morgan fingerprint density at radius 1 is 1.13 bits per heavy atom. The van der Waals surface area contributed by atoms with E-state index in [0.29, 0.717) is 19.3 Å². The van der Waals surface area contributed by atoms with E-state index < -0.39 is 33.9 Å². The summed E-state index contributed by atoms with van der Waals surface area (Å²) in [7, 11) is 0. The van der Waals surface area contributed by atoms with E-state index in [1.807, 2.05) is 20.8 Å². The number of allylic oxidation sites excluding steroid dienone is 1. The SMILES string of the molecule is C=C1C2CCC3(O)C4(C)CCCC(C)(C(=O)O)C4CCC3(C2)C1OC(=O)C=C(C)C. The molecule has 2 bridgehead atoms. The van der Waals surface area contributed by atoms with Crippen LogP contribution in [0, 0.1) is 28.1 Å². The van der Waals surface area contributed by atoms with Gasteiger partial charge in [-0.15, -0.1) is 0 Å². The molecule has 0 amide bonds. The molecule has 0 saturated heterocycles. The van der Waals surface area contributed by atoms with Gasteiger partial charge in [-0.2, -0.15) is 0 Å². The van der Waals surface area contributed by atoms with Gasteiger partial charge in [0.15, 0.2) is 0 Å². The molecular weight excluding hydrogens is 380 g/mol. The largest absolute Gasteiger partial charge is 0.481 e. The van der Waals surface area contributed by atoms with Crippen molar-refractivity contribution in [3.63, 3.8) is 0 Å². The third kappa shape index (κ3) is 2.57. The zero-order valence-electron chi connectivity index (χ0n) is 18.8. The third-order valence-electron chi connectivity index (χ3n) is 9.54. The van der Waals surface area contributed by atoms with Gasteiger partial charge in [0.2, 0.25) is 0 Å². The molecule has 5 heteroatoms. The van der Waals surface area contributed by atoms with E-state index in [-0.39, 0.29) is 17.8 Å². The lowest BCUT2D eigenvalue weighted by Crippen LogP contribution is -2.71. The molecule has 4 rings (SSSR count). The number of esters is 1. The summed E-state index contributed by atoms with van der Waals surface area (Å²) < 4.78 is 6.01. The van der Waals surface area contributed by atoms with Crippen molar-refractivity contribution in [1.82, 2.24) is 0 Å². The molecule has 0 aromatic carbocycles. The van der Waals surface area contributed by atoms with Crippen molar-refractivity contribution in [2.45, 2.75) is 90.8 Å². The van der Waals surface area contributed by atoms with Crippen LogP contribution < -0.4 is 0 Å². The maximum atomic E-state index is 12.6. The summed E-state index contributed by atoms with van der Waals surface area (Å²) in [5.74, 6) is -0.971. The summed E-state index contributed by atoms with van der Waals surface area (Å²) in [4.78, 5) is 24.9. The molecule has 5 nitrogen and oxygen atoms in total. The van der Waals surface area contributed by atoms with Crippen molar-refractivity contribution in [3.05, 3.63) is 23.8 Å². The Bertz CT molecular complexity index is 825. The highest BCUT2D eigenvalue weighted by Gasteiger charge is 2.75. The van der Waals surface area contributed by atoms with Crippen molar-refractivity contribution in [2.75, 3.05) is 0 Å². The fourth-order valence-corrected chi connectivity index (χ4v) is 8.09. The van der Waals surface area contributed by atoms with Crippen LogP contribution in [-0.2, 0) is 14.3 Å². The number of hydrogen-bond acceptors (Lipinski definition) is 4. The van der Waals surface area contributed by atoms with Gasteiger partial charge in [0.1, 0.15) is 6.10 Å². The molecule has 0 aromatic heterocycles. The lowest BCUT2D eigenvalue weighted by atomic mass is 9.38. The smallest absolute Gasteiger partial charge is 0.331 e. The Morgan fingerprint density at radius 3 is 2.47 bits per heavy atom. The number of carbonyl (C=O) groups excluding carboxylic acids is 1. The molecule has 166 valence electrons.